The number of hydrogen-bond acceptors (Lipinski definition) is 12. The van der Waals surface area contributed by atoms with E-state index in [9.17, 15) is 14.7 Å². The molecular formula is C48H60N10O5. The molecule has 332 valence electrons. The first-order valence-corrected chi connectivity index (χ1v) is 22.9. The van der Waals surface area contributed by atoms with E-state index in [0.717, 1.165) is 122 Å². The van der Waals surface area contributed by atoms with Crippen LogP contribution in [0.3, 0.4) is 0 Å². The summed E-state index contributed by atoms with van der Waals surface area (Å²) in [5.74, 6) is 0.157. The Morgan fingerprint density at radius 1 is 0.810 bits per heavy atom. The number of carbonyl (C=O) groups excluding carboxylic acids is 2. The van der Waals surface area contributed by atoms with E-state index in [1.807, 2.05) is 35.0 Å². The van der Waals surface area contributed by atoms with E-state index < -0.39 is 6.04 Å². The van der Waals surface area contributed by atoms with E-state index in [2.05, 4.69) is 83.7 Å². The van der Waals surface area contributed by atoms with Crippen molar-refractivity contribution in [3.05, 3.63) is 78.8 Å². The van der Waals surface area contributed by atoms with Gasteiger partial charge in [-0.3, -0.25) is 24.7 Å². The molecule has 0 spiro atoms. The molecule has 3 fully saturated rings. The Morgan fingerprint density at radius 3 is 2.40 bits per heavy atom. The molecule has 6 aromatic rings. The summed E-state index contributed by atoms with van der Waals surface area (Å²) in [6.45, 7) is 11.9. The van der Waals surface area contributed by atoms with Gasteiger partial charge in [0, 0.05) is 111 Å². The van der Waals surface area contributed by atoms with Crippen molar-refractivity contribution >= 4 is 56.4 Å². The molecule has 15 nitrogen and oxygen atoms in total. The predicted octanol–water partition coefficient (Wildman–Crippen LogP) is 6.14. The molecule has 1 saturated carbocycles. The second kappa shape index (κ2) is 19.9. The molecular weight excluding hydrogens is 797 g/mol. The number of piperazine rings is 1. The Labute approximate surface area is 368 Å². The van der Waals surface area contributed by atoms with E-state index in [1.165, 1.54) is 11.1 Å². The lowest BCUT2D eigenvalue weighted by Crippen LogP contribution is -2.46. The third kappa shape index (κ3) is 9.87. The maximum absolute atomic E-state index is 12.8. The smallest absolute Gasteiger partial charge is 0.249 e. The zero-order valence-electron chi connectivity index (χ0n) is 36.3. The van der Waals surface area contributed by atoms with E-state index in [-0.39, 0.29) is 17.9 Å². The standard InChI is InChI=1S/C48H60N10O5/c1-2-17-51-48-52-30-40-41(32-57(46(40)54-48)36-10-12-37(59)13-11-36)34-7-5-33(6-8-34)31-56-22-20-55(21-23-56)24-26-63-28-27-62-25-19-49-35-9-14-42-39(29-35)38-4-3-18-50-45(38)58(42)43-15-16-44(60)53-47(43)61/h3-9,14,18,29-30,32,36-37,43,49,59H,2,10-13,15-17,19-28,31H2,1H3,(H,51,52,54)(H,53,60,61). The molecule has 4 N–H and O–H groups in total. The van der Waals surface area contributed by atoms with E-state index >= 15 is 0 Å². The number of carbonyl (C=O) groups is 2. The van der Waals surface area contributed by atoms with Gasteiger partial charge in [-0.05, 0) is 80.0 Å². The third-order valence-corrected chi connectivity index (χ3v) is 12.9. The number of pyridine rings is 1. The van der Waals surface area contributed by atoms with Crippen LogP contribution in [0, 0.1) is 0 Å². The lowest BCUT2D eigenvalue weighted by molar-refractivity contribution is -0.135. The first-order chi connectivity index (χ1) is 30.9. The zero-order valence-corrected chi connectivity index (χ0v) is 36.3. The second-order valence-electron chi connectivity index (χ2n) is 17.2. The third-order valence-electron chi connectivity index (χ3n) is 12.9. The van der Waals surface area contributed by atoms with Crippen molar-refractivity contribution in [3.63, 3.8) is 0 Å². The number of anilines is 2. The largest absolute Gasteiger partial charge is 0.393 e. The molecule has 9 rings (SSSR count). The summed E-state index contributed by atoms with van der Waals surface area (Å²) in [4.78, 5) is 43.8. The predicted molar refractivity (Wildman–Crippen MR) is 246 cm³/mol. The van der Waals surface area contributed by atoms with Crippen molar-refractivity contribution in [2.24, 2.45) is 0 Å². The summed E-state index contributed by atoms with van der Waals surface area (Å²) >= 11 is 0. The summed E-state index contributed by atoms with van der Waals surface area (Å²) in [5.41, 5.74) is 7.23. The van der Waals surface area contributed by atoms with Crippen LogP contribution in [0.1, 0.15) is 69.5 Å². The SMILES string of the molecule is CCCNc1ncc2c(-c3ccc(CN4CCN(CCOCCOCCNc5ccc6c(c5)c5cccnc5n6C5CCC(=O)NC5=O)CC4)cc3)cn(C3CCC(O)CC3)c2n1. The fraction of sp³-hybridized carbons (Fsp3) is 0.479. The van der Waals surface area contributed by atoms with Gasteiger partial charge in [0.15, 0.2) is 0 Å². The van der Waals surface area contributed by atoms with Gasteiger partial charge in [-0.25, -0.2) is 9.97 Å². The molecule has 0 bridgehead atoms. The maximum atomic E-state index is 12.8. The van der Waals surface area contributed by atoms with Gasteiger partial charge in [0.2, 0.25) is 17.8 Å². The average Bonchev–Trinajstić information content (AvgIpc) is 3.84. The second-order valence-corrected chi connectivity index (χ2v) is 17.2. The van der Waals surface area contributed by atoms with E-state index in [4.69, 9.17) is 14.5 Å². The summed E-state index contributed by atoms with van der Waals surface area (Å²) < 4.78 is 16.1. The van der Waals surface area contributed by atoms with Crippen molar-refractivity contribution < 1.29 is 24.2 Å². The van der Waals surface area contributed by atoms with Crippen molar-refractivity contribution in [2.45, 2.75) is 76.6 Å². The molecule has 2 aliphatic heterocycles. The quantitative estimate of drug-likeness (QED) is 0.0578. The van der Waals surface area contributed by atoms with Crippen LogP contribution in [0.15, 0.2) is 73.2 Å². The van der Waals surface area contributed by atoms with Gasteiger partial charge in [0.25, 0.3) is 0 Å². The Balaban J connectivity index is 0.683. The number of piperidine rings is 1. The van der Waals surface area contributed by atoms with Crippen LogP contribution in [0.4, 0.5) is 11.6 Å². The van der Waals surface area contributed by atoms with Crippen molar-refractivity contribution in [1.82, 2.24) is 39.2 Å². The number of aromatic nitrogens is 5. The highest BCUT2D eigenvalue weighted by Crippen LogP contribution is 2.38. The molecule has 1 unspecified atom stereocenters. The fourth-order valence-electron chi connectivity index (χ4n) is 9.43. The lowest BCUT2D eigenvalue weighted by Gasteiger charge is -2.34. The summed E-state index contributed by atoms with van der Waals surface area (Å²) in [6, 6.07) is 18.9. The molecule has 2 amide bonds. The minimum Gasteiger partial charge on any atom is -0.393 e. The number of amides is 2. The fourth-order valence-corrected chi connectivity index (χ4v) is 9.43. The number of imide groups is 1. The average molecular weight is 857 g/mol. The molecule has 3 aliphatic rings. The molecule has 2 saturated heterocycles. The Hall–Kier alpha value is -5.45. The number of fused-ring (bicyclic) bond motifs is 4. The summed E-state index contributed by atoms with van der Waals surface area (Å²) in [5, 5.41) is 22.5. The van der Waals surface area contributed by atoms with E-state index in [0.29, 0.717) is 57.8 Å². The zero-order chi connectivity index (χ0) is 43.1. The van der Waals surface area contributed by atoms with Gasteiger partial charge in [-0.15, -0.1) is 0 Å². The van der Waals surface area contributed by atoms with Crippen LogP contribution in [-0.4, -0.2) is 129 Å². The normalized spacial score (nSPS) is 20.2. The van der Waals surface area contributed by atoms with Crippen LogP contribution in [0.5, 0.6) is 0 Å². The molecule has 6 heterocycles. The first kappa shape index (κ1) is 42.8. The van der Waals surface area contributed by atoms with Gasteiger partial charge >= 0.3 is 0 Å². The van der Waals surface area contributed by atoms with Crippen LogP contribution in [-0.2, 0) is 25.6 Å². The molecule has 4 aromatic heterocycles. The number of nitrogens with zero attached hydrogens (tertiary/aromatic N) is 7. The monoisotopic (exact) mass is 856 g/mol. The highest BCUT2D eigenvalue weighted by Gasteiger charge is 2.31. The van der Waals surface area contributed by atoms with Crippen molar-refractivity contribution in [2.75, 3.05) is 82.9 Å². The van der Waals surface area contributed by atoms with Gasteiger partial charge < -0.3 is 34.3 Å². The molecule has 63 heavy (non-hydrogen) atoms. The number of hydrogen-bond donors (Lipinski definition) is 4. The molecule has 0 radical (unpaired) electrons. The Kier molecular flexibility index (Phi) is 13.6. The maximum Gasteiger partial charge on any atom is 0.249 e. The number of rotatable bonds is 18. The number of ether oxygens (including phenoxy) is 2. The highest BCUT2D eigenvalue weighted by atomic mass is 16.5. The van der Waals surface area contributed by atoms with Gasteiger partial charge in [-0.2, -0.15) is 4.98 Å². The number of benzene rings is 2. The topological polar surface area (TPSA) is 164 Å². The number of aliphatic hydroxyl groups is 1. The molecule has 1 atom stereocenters. The number of aliphatic hydroxyl groups excluding tert-OH is 1. The summed E-state index contributed by atoms with van der Waals surface area (Å²) in [7, 11) is 0. The molecule has 2 aromatic carbocycles. The van der Waals surface area contributed by atoms with Gasteiger partial charge in [0.1, 0.15) is 17.3 Å². The van der Waals surface area contributed by atoms with Crippen molar-refractivity contribution in [1.29, 1.82) is 0 Å². The van der Waals surface area contributed by atoms with Crippen LogP contribution < -0.4 is 16.0 Å². The van der Waals surface area contributed by atoms with Crippen LogP contribution >= 0.6 is 0 Å². The Morgan fingerprint density at radius 2 is 1.60 bits per heavy atom. The molecule has 15 heteroatoms. The van der Waals surface area contributed by atoms with E-state index in [1.54, 1.807) is 6.20 Å². The molecule has 1 aliphatic carbocycles. The minimum absolute atomic E-state index is 0.199. The van der Waals surface area contributed by atoms with Gasteiger partial charge in [-0.1, -0.05) is 31.2 Å². The lowest BCUT2D eigenvalue weighted by atomic mass is 9.93. The first-order valence-electron chi connectivity index (χ1n) is 22.9. The minimum atomic E-state index is -0.477. The summed E-state index contributed by atoms with van der Waals surface area (Å²) in [6.07, 6.45) is 11.1. The van der Waals surface area contributed by atoms with Crippen LogP contribution in [0.2, 0.25) is 0 Å². The highest BCUT2D eigenvalue weighted by molar-refractivity contribution is 6.09. The number of nitrogens with one attached hydrogen (secondary N) is 3. The Bertz CT molecular complexity index is 2500. The van der Waals surface area contributed by atoms with Gasteiger partial charge in [0.05, 0.1) is 38.0 Å². The van der Waals surface area contributed by atoms with Crippen molar-refractivity contribution in [3.8, 4) is 11.1 Å². The van der Waals surface area contributed by atoms with Crippen LogP contribution in [0.25, 0.3) is 44.1 Å².